The van der Waals surface area contributed by atoms with Crippen LogP contribution >= 0.6 is 0 Å². The van der Waals surface area contributed by atoms with Crippen molar-refractivity contribution in [1.29, 1.82) is 0 Å². The second-order valence-corrected chi connectivity index (χ2v) is 10.1. The van der Waals surface area contributed by atoms with Crippen LogP contribution in [-0.2, 0) is 20.9 Å². The molecule has 0 spiro atoms. The first kappa shape index (κ1) is 28.2. The number of hydrogen-bond acceptors (Lipinski definition) is 5. The number of carbonyl (C=O) groups is 3. The Morgan fingerprint density at radius 2 is 1.38 bits per heavy atom. The van der Waals surface area contributed by atoms with Crippen molar-refractivity contribution in [2.24, 2.45) is 0 Å². The van der Waals surface area contributed by atoms with Crippen molar-refractivity contribution in [2.75, 3.05) is 18.1 Å². The van der Waals surface area contributed by atoms with Crippen LogP contribution in [-0.4, -0.2) is 41.3 Å². The first-order valence-corrected chi connectivity index (χ1v) is 13.3. The van der Waals surface area contributed by atoms with E-state index in [0.717, 1.165) is 39.1 Å². The fraction of sp³-hybridized carbons (Fsp3) is 0.147. The summed E-state index contributed by atoms with van der Waals surface area (Å²) in [7, 11) is 0. The first-order chi connectivity index (χ1) is 20.2. The van der Waals surface area contributed by atoms with Gasteiger partial charge in [0.1, 0.15) is 11.5 Å². The van der Waals surface area contributed by atoms with Crippen molar-refractivity contribution < 1.29 is 34.1 Å². The van der Waals surface area contributed by atoms with Gasteiger partial charge in [-0.1, -0.05) is 71.8 Å². The fourth-order valence-corrected chi connectivity index (χ4v) is 4.74. The molecule has 0 unspecified atom stereocenters. The number of carboxylic acid groups (broad SMARTS) is 2. The van der Waals surface area contributed by atoms with Gasteiger partial charge in [0.05, 0.1) is 12.2 Å². The van der Waals surface area contributed by atoms with Gasteiger partial charge in [0.15, 0.2) is 13.2 Å². The largest absolute Gasteiger partial charge is 0.482 e. The number of rotatable bonds is 10. The number of anilines is 1. The minimum Gasteiger partial charge on any atom is -0.482 e. The normalized spacial score (nSPS) is 13.2. The third kappa shape index (κ3) is 6.33. The minimum absolute atomic E-state index is 0.149. The van der Waals surface area contributed by atoms with Crippen molar-refractivity contribution in [3.05, 3.63) is 113 Å². The Labute approximate surface area is 243 Å². The summed E-state index contributed by atoms with van der Waals surface area (Å²) >= 11 is 0. The molecular weight excluding hydrogens is 534 g/mol. The number of hydrogen-bond donors (Lipinski definition) is 2. The predicted molar refractivity (Wildman–Crippen MR) is 160 cm³/mol. The summed E-state index contributed by atoms with van der Waals surface area (Å²) in [6, 6.07) is 26.7. The number of carbonyl (C=O) groups excluding carboxylic acids is 1. The Hall–Kier alpha value is -5.37. The summed E-state index contributed by atoms with van der Waals surface area (Å²) in [5.74, 6) is -2.19. The molecule has 1 amide bonds. The molecule has 0 radical (unpaired) electrons. The number of aliphatic carboxylic acids is 2. The number of nitrogens with zero attached hydrogens (tertiary/aromatic N) is 1. The molecule has 1 aliphatic rings. The third-order valence-corrected chi connectivity index (χ3v) is 6.90. The molecule has 8 heteroatoms. The Balaban J connectivity index is 1.58. The van der Waals surface area contributed by atoms with Crippen molar-refractivity contribution in [1.82, 2.24) is 0 Å². The smallest absolute Gasteiger partial charge is 0.341 e. The lowest BCUT2D eigenvalue weighted by Crippen LogP contribution is -2.25. The molecule has 0 fully saturated rings. The van der Waals surface area contributed by atoms with E-state index in [-0.39, 0.29) is 17.4 Å². The van der Waals surface area contributed by atoms with Gasteiger partial charge in [0.2, 0.25) is 0 Å². The molecule has 2 N–H and O–H groups in total. The Morgan fingerprint density at radius 3 is 2.05 bits per heavy atom. The van der Waals surface area contributed by atoms with Gasteiger partial charge in [-0.15, -0.1) is 0 Å². The summed E-state index contributed by atoms with van der Waals surface area (Å²) in [4.78, 5) is 37.9. The van der Waals surface area contributed by atoms with E-state index in [1.54, 1.807) is 23.1 Å². The molecular formula is C34H29NO7. The number of aryl methyl sites for hydroxylation is 2. The lowest BCUT2D eigenvalue weighted by Gasteiger charge is -2.18. The number of fused-ring (bicyclic) bond motifs is 1. The van der Waals surface area contributed by atoms with Crippen LogP contribution < -0.4 is 14.4 Å². The highest BCUT2D eigenvalue weighted by molar-refractivity contribution is 6.36. The van der Waals surface area contributed by atoms with Crippen molar-refractivity contribution in [2.45, 2.75) is 20.4 Å². The zero-order chi connectivity index (χ0) is 29.8. The van der Waals surface area contributed by atoms with Crippen LogP contribution in [0, 0.1) is 13.8 Å². The molecule has 1 aliphatic heterocycles. The Kier molecular flexibility index (Phi) is 8.06. The van der Waals surface area contributed by atoms with E-state index < -0.39 is 25.2 Å². The van der Waals surface area contributed by atoms with E-state index in [2.05, 4.69) is 12.1 Å². The molecule has 212 valence electrons. The average Bonchev–Trinajstić information content (AvgIpc) is 3.22. The number of benzene rings is 4. The summed E-state index contributed by atoms with van der Waals surface area (Å²) in [5.41, 5.74) is 7.64. The van der Waals surface area contributed by atoms with E-state index in [1.165, 1.54) is 6.07 Å². The SMILES string of the molecule is Cc1ccc(CN2C(=O)/C(=C/c3ccc(OCC(=O)O)cc3OCC(=O)O)c3ccc(-c4ccc(C)cc4)cc32)cc1. The number of ether oxygens (including phenoxy) is 2. The second-order valence-electron chi connectivity index (χ2n) is 10.1. The summed E-state index contributed by atoms with van der Waals surface area (Å²) in [6.07, 6.45) is 1.67. The summed E-state index contributed by atoms with van der Waals surface area (Å²) in [5, 5.41) is 18.1. The molecule has 0 aromatic heterocycles. The van der Waals surface area contributed by atoms with Gasteiger partial charge in [-0.2, -0.15) is 0 Å². The zero-order valence-corrected chi connectivity index (χ0v) is 23.2. The van der Waals surface area contributed by atoms with E-state index in [9.17, 15) is 19.5 Å². The molecule has 1 heterocycles. The van der Waals surface area contributed by atoms with Crippen LogP contribution in [0.2, 0.25) is 0 Å². The molecule has 5 rings (SSSR count). The lowest BCUT2D eigenvalue weighted by molar-refractivity contribution is -0.140. The number of carboxylic acids is 2. The van der Waals surface area contributed by atoms with Gasteiger partial charge in [0, 0.05) is 22.8 Å². The van der Waals surface area contributed by atoms with E-state index >= 15 is 0 Å². The molecule has 42 heavy (non-hydrogen) atoms. The predicted octanol–water partition coefficient (Wildman–Crippen LogP) is 5.98. The summed E-state index contributed by atoms with van der Waals surface area (Å²) in [6.45, 7) is 3.22. The molecule has 0 bridgehead atoms. The highest BCUT2D eigenvalue weighted by atomic mass is 16.5. The third-order valence-electron chi connectivity index (χ3n) is 6.90. The monoisotopic (exact) mass is 563 g/mol. The van der Waals surface area contributed by atoms with E-state index in [1.807, 2.05) is 68.4 Å². The van der Waals surface area contributed by atoms with Gasteiger partial charge in [0.25, 0.3) is 5.91 Å². The van der Waals surface area contributed by atoms with E-state index in [0.29, 0.717) is 17.7 Å². The van der Waals surface area contributed by atoms with Crippen LogP contribution in [0.1, 0.15) is 27.8 Å². The quantitative estimate of drug-likeness (QED) is 0.228. The maximum absolute atomic E-state index is 14.0. The van der Waals surface area contributed by atoms with Crippen LogP contribution in [0.3, 0.4) is 0 Å². The number of amides is 1. The molecule has 4 aromatic rings. The Bertz CT molecular complexity index is 1690. The van der Waals surface area contributed by atoms with Gasteiger partial charge < -0.3 is 24.6 Å². The minimum atomic E-state index is -1.18. The van der Waals surface area contributed by atoms with Crippen molar-refractivity contribution in [3.8, 4) is 22.6 Å². The van der Waals surface area contributed by atoms with Crippen LogP contribution in [0.25, 0.3) is 22.8 Å². The average molecular weight is 564 g/mol. The topological polar surface area (TPSA) is 113 Å². The maximum atomic E-state index is 14.0. The van der Waals surface area contributed by atoms with E-state index in [4.69, 9.17) is 14.6 Å². The van der Waals surface area contributed by atoms with Gasteiger partial charge >= 0.3 is 11.9 Å². The summed E-state index contributed by atoms with van der Waals surface area (Å²) < 4.78 is 10.8. The highest BCUT2D eigenvalue weighted by Crippen LogP contribution is 2.42. The van der Waals surface area contributed by atoms with Gasteiger partial charge in [-0.05, 0) is 54.8 Å². The molecule has 0 saturated heterocycles. The van der Waals surface area contributed by atoms with Gasteiger partial charge in [-0.3, -0.25) is 4.79 Å². The second kappa shape index (κ2) is 12.0. The lowest BCUT2D eigenvalue weighted by atomic mass is 9.98. The molecule has 0 atom stereocenters. The standard InChI is InChI=1S/C34H29NO7/c1-21-3-7-23(8-4-21)18-35-30-16-25(24-9-5-22(2)6-10-24)12-14-28(30)29(34(35)40)15-26-11-13-27(41-19-32(36)37)17-31(26)42-20-33(38)39/h3-17H,18-20H2,1-2H3,(H,36,37)(H,38,39)/b29-15+. The first-order valence-electron chi connectivity index (χ1n) is 13.3. The Morgan fingerprint density at radius 1 is 0.762 bits per heavy atom. The van der Waals surface area contributed by atoms with Crippen LogP contribution in [0.4, 0.5) is 5.69 Å². The van der Waals surface area contributed by atoms with Crippen LogP contribution in [0.15, 0.2) is 84.9 Å². The fourth-order valence-electron chi connectivity index (χ4n) is 4.74. The zero-order valence-electron chi connectivity index (χ0n) is 23.2. The van der Waals surface area contributed by atoms with Crippen molar-refractivity contribution >= 4 is 35.2 Å². The van der Waals surface area contributed by atoms with Crippen LogP contribution in [0.5, 0.6) is 11.5 Å². The molecule has 0 aliphatic carbocycles. The van der Waals surface area contributed by atoms with Crippen molar-refractivity contribution in [3.63, 3.8) is 0 Å². The molecule has 0 saturated carbocycles. The van der Waals surface area contributed by atoms with Gasteiger partial charge in [-0.25, -0.2) is 9.59 Å². The highest BCUT2D eigenvalue weighted by Gasteiger charge is 2.33. The maximum Gasteiger partial charge on any atom is 0.341 e. The molecule has 4 aromatic carbocycles. The molecule has 8 nitrogen and oxygen atoms in total.